The van der Waals surface area contributed by atoms with Gasteiger partial charge >= 0.3 is 10.8 Å². The lowest BCUT2D eigenvalue weighted by atomic mass is 10.2. The number of rotatable bonds is 8. The summed E-state index contributed by atoms with van der Waals surface area (Å²) in [7, 11) is 3.43. The van der Waals surface area contributed by atoms with Gasteiger partial charge in [0.2, 0.25) is 0 Å². The highest BCUT2D eigenvalue weighted by molar-refractivity contribution is 7.91. The Morgan fingerprint density at radius 1 is 1.19 bits per heavy atom. The number of ether oxygens (including phenoxy) is 1. The summed E-state index contributed by atoms with van der Waals surface area (Å²) in [5.41, 5.74) is 2.06. The average molecular weight is 454 g/mol. The molecule has 4 aromatic rings. The van der Waals surface area contributed by atoms with Gasteiger partial charge in [-0.05, 0) is 30.7 Å². The Morgan fingerprint density at radius 3 is 2.56 bits per heavy atom. The van der Waals surface area contributed by atoms with Crippen molar-refractivity contribution in [1.29, 1.82) is 0 Å². The first-order valence-corrected chi connectivity index (χ1v) is 11.3. The molecule has 166 valence electrons. The number of fused-ring (bicyclic) bond motifs is 1. The van der Waals surface area contributed by atoms with Crippen molar-refractivity contribution in [1.82, 2.24) is 29.5 Å². The Balaban J connectivity index is 1.86. The number of benzene rings is 1. The van der Waals surface area contributed by atoms with E-state index in [-0.39, 0.29) is 17.4 Å². The molecule has 1 N–H and O–H groups in total. The summed E-state index contributed by atoms with van der Waals surface area (Å²) in [5, 5.41) is 0.187. The molecule has 1 unspecified atom stereocenters. The Morgan fingerprint density at radius 2 is 1.91 bits per heavy atom. The molecule has 0 fully saturated rings. The Hall–Kier alpha value is -3.44. The van der Waals surface area contributed by atoms with E-state index in [2.05, 4.69) is 24.9 Å². The third-order valence-corrected chi connectivity index (χ3v) is 6.28. The van der Waals surface area contributed by atoms with E-state index in [9.17, 15) is 9.35 Å². The predicted octanol–water partition coefficient (Wildman–Crippen LogP) is 2.25. The molecule has 0 spiro atoms. The molecule has 3 heterocycles. The van der Waals surface area contributed by atoms with Crippen LogP contribution in [0, 0.1) is 0 Å². The van der Waals surface area contributed by atoms with Crippen LogP contribution in [0.5, 0.6) is 5.75 Å². The Kier molecular flexibility index (Phi) is 6.37. The normalized spacial score (nSPS) is 12.1. The number of nitrogens with zero attached hydrogens (tertiary/aromatic N) is 6. The molecule has 1 aromatic carbocycles. The van der Waals surface area contributed by atoms with E-state index in [1.165, 1.54) is 10.9 Å². The Labute approximate surface area is 187 Å². The van der Waals surface area contributed by atoms with Crippen molar-refractivity contribution in [2.75, 3.05) is 24.8 Å². The molecule has 0 amide bonds. The summed E-state index contributed by atoms with van der Waals surface area (Å²) >= 11 is -1.40. The molecule has 0 saturated heterocycles. The molecule has 0 saturated carbocycles. The topological polar surface area (TPSA) is 125 Å². The van der Waals surface area contributed by atoms with Crippen LogP contribution in [0.25, 0.3) is 11.2 Å². The van der Waals surface area contributed by atoms with E-state index in [1.807, 2.05) is 43.1 Å². The van der Waals surface area contributed by atoms with E-state index in [0.717, 1.165) is 23.4 Å². The van der Waals surface area contributed by atoms with Gasteiger partial charge in [0.1, 0.15) is 23.3 Å². The number of nitrogens with one attached hydrogen (secondary N) is 1. The first kappa shape index (κ1) is 21.8. The summed E-state index contributed by atoms with van der Waals surface area (Å²) in [6.45, 7) is 2.17. The summed E-state index contributed by atoms with van der Waals surface area (Å²) in [6, 6.07) is 7.44. The molecule has 11 heteroatoms. The summed E-state index contributed by atoms with van der Waals surface area (Å²) in [4.78, 5) is 34.6. The molecule has 0 aliphatic rings. The predicted molar refractivity (Wildman–Crippen MR) is 122 cm³/mol. The molecular formula is C21H23N7O3S. The maximum absolute atomic E-state index is 12.8. The molecule has 0 aliphatic carbocycles. The lowest BCUT2D eigenvalue weighted by Crippen LogP contribution is -2.19. The molecule has 32 heavy (non-hydrogen) atoms. The fraction of sp³-hybridized carbons (Fsp3) is 0.286. The zero-order valence-corrected chi connectivity index (χ0v) is 18.8. The second kappa shape index (κ2) is 9.37. The van der Waals surface area contributed by atoms with Crippen molar-refractivity contribution >= 4 is 33.8 Å². The third kappa shape index (κ3) is 4.30. The van der Waals surface area contributed by atoms with Gasteiger partial charge in [0, 0.05) is 41.9 Å². The van der Waals surface area contributed by atoms with Crippen LogP contribution < -0.4 is 15.3 Å². The largest absolute Gasteiger partial charge is 0.609 e. The average Bonchev–Trinajstić information content (AvgIpc) is 3.13. The van der Waals surface area contributed by atoms with E-state index in [4.69, 9.17) is 4.74 Å². The number of H-pyrrole nitrogens is 1. The minimum absolute atomic E-state index is 0.187. The van der Waals surface area contributed by atoms with Crippen LogP contribution in [0.3, 0.4) is 0 Å². The van der Waals surface area contributed by atoms with Crippen molar-refractivity contribution < 1.29 is 9.29 Å². The highest BCUT2D eigenvalue weighted by Gasteiger charge is 2.24. The lowest BCUT2D eigenvalue weighted by Gasteiger charge is -2.20. The molecule has 1 atom stereocenters. The number of aromatic amines is 1. The molecule has 10 nitrogen and oxygen atoms in total. The zero-order valence-electron chi connectivity index (χ0n) is 18.0. The number of hydrogen-bond donors (Lipinski definition) is 1. The van der Waals surface area contributed by atoms with Gasteiger partial charge in [-0.25, -0.2) is 14.8 Å². The molecule has 0 aliphatic heterocycles. The van der Waals surface area contributed by atoms with Crippen molar-refractivity contribution in [3.8, 4) is 5.75 Å². The van der Waals surface area contributed by atoms with Gasteiger partial charge in [-0.15, -0.1) is 0 Å². The SMILES string of the molecule is CCC[S+]([O-])c1nc(N(C)c2ccc(OC)cc2)c2[nH]c(=O)n(Cc3cncnc3)c2n1. The van der Waals surface area contributed by atoms with Crippen molar-refractivity contribution in [2.45, 2.75) is 25.0 Å². The van der Waals surface area contributed by atoms with Crippen LogP contribution in [0.2, 0.25) is 0 Å². The zero-order chi connectivity index (χ0) is 22.7. The monoisotopic (exact) mass is 453 g/mol. The standard InChI is InChI=1S/C21H23N7O3S/c1-4-9-32(30)20-25-18(27(2)15-5-7-16(31-3)8-6-15)17-19(26-20)28(21(29)24-17)12-14-10-22-13-23-11-14/h5-8,10-11,13H,4,9,12H2,1-3H3,(H,24,29). The van der Waals surface area contributed by atoms with Gasteiger partial charge in [0.25, 0.3) is 0 Å². The number of imidazole rings is 1. The van der Waals surface area contributed by atoms with Crippen molar-refractivity contribution in [2.24, 2.45) is 0 Å². The molecule has 3 aromatic heterocycles. The van der Waals surface area contributed by atoms with Gasteiger partial charge < -0.3 is 19.2 Å². The minimum Gasteiger partial charge on any atom is -0.609 e. The van der Waals surface area contributed by atoms with E-state index < -0.39 is 11.2 Å². The quantitative estimate of drug-likeness (QED) is 0.318. The van der Waals surface area contributed by atoms with Crippen molar-refractivity contribution in [3.05, 3.63) is 59.0 Å². The van der Waals surface area contributed by atoms with E-state index in [0.29, 0.717) is 22.7 Å². The van der Waals surface area contributed by atoms with Gasteiger partial charge in [0.15, 0.2) is 11.5 Å². The highest BCUT2D eigenvalue weighted by Crippen LogP contribution is 2.29. The maximum atomic E-state index is 12.8. The second-order valence-electron chi connectivity index (χ2n) is 7.10. The fourth-order valence-electron chi connectivity index (χ4n) is 3.29. The summed E-state index contributed by atoms with van der Waals surface area (Å²) in [6.07, 6.45) is 5.43. The summed E-state index contributed by atoms with van der Waals surface area (Å²) < 4.78 is 19.5. The van der Waals surface area contributed by atoms with Gasteiger partial charge in [0.05, 0.1) is 13.7 Å². The van der Waals surface area contributed by atoms with Gasteiger partial charge in [-0.3, -0.25) is 4.57 Å². The number of aromatic nitrogens is 6. The molecule has 0 bridgehead atoms. The number of methoxy groups -OCH3 is 1. The second-order valence-corrected chi connectivity index (χ2v) is 8.56. The molecule has 4 rings (SSSR count). The minimum atomic E-state index is -1.40. The smallest absolute Gasteiger partial charge is 0.346 e. The first-order chi connectivity index (χ1) is 15.5. The van der Waals surface area contributed by atoms with Gasteiger partial charge in [-0.1, -0.05) is 6.92 Å². The Bertz CT molecular complexity index is 1260. The van der Waals surface area contributed by atoms with Crippen LogP contribution in [0.1, 0.15) is 18.9 Å². The third-order valence-electron chi connectivity index (χ3n) is 4.91. The number of anilines is 2. The van der Waals surface area contributed by atoms with Crippen LogP contribution in [0.15, 0.2) is 52.9 Å². The van der Waals surface area contributed by atoms with Gasteiger partial charge in [-0.2, -0.15) is 9.97 Å². The van der Waals surface area contributed by atoms with Crippen LogP contribution in [-0.4, -0.2) is 54.0 Å². The fourth-order valence-corrected chi connectivity index (χ4v) is 4.22. The molecular weight excluding hydrogens is 430 g/mol. The molecule has 0 radical (unpaired) electrons. The summed E-state index contributed by atoms with van der Waals surface area (Å²) in [5.74, 6) is 1.61. The number of hydrogen-bond acceptors (Lipinski definition) is 8. The lowest BCUT2D eigenvalue weighted by molar-refractivity contribution is 0.415. The van der Waals surface area contributed by atoms with Crippen molar-refractivity contribution in [3.63, 3.8) is 0 Å². The van der Waals surface area contributed by atoms with Crippen LogP contribution in [0.4, 0.5) is 11.5 Å². The maximum Gasteiger partial charge on any atom is 0.346 e. The van der Waals surface area contributed by atoms with E-state index >= 15 is 0 Å². The highest BCUT2D eigenvalue weighted by atomic mass is 32.2. The van der Waals surface area contributed by atoms with E-state index in [1.54, 1.807) is 19.5 Å². The first-order valence-electron chi connectivity index (χ1n) is 10.0. The van der Waals surface area contributed by atoms with Crippen LogP contribution >= 0.6 is 0 Å². The van der Waals surface area contributed by atoms with Crippen LogP contribution in [-0.2, 0) is 17.7 Å².